The minimum atomic E-state index is -0.307. The van der Waals surface area contributed by atoms with Crippen LogP contribution in [-0.2, 0) is 0 Å². The summed E-state index contributed by atoms with van der Waals surface area (Å²) in [6.07, 6.45) is 0.570. The number of rotatable bonds is 4. The van der Waals surface area contributed by atoms with Crippen LogP contribution in [0, 0.1) is 0 Å². The molecule has 0 aliphatic carbocycles. The number of carbonyl (C=O) groups excluding carboxylic acids is 2. The van der Waals surface area contributed by atoms with E-state index in [1.54, 1.807) is 0 Å². The molecule has 1 aliphatic heterocycles. The number of hydrogen-bond donors (Lipinski definition) is 3. The fourth-order valence-corrected chi connectivity index (χ4v) is 1.56. The summed E-state index contributed by atoms with van der Waals surface area (Å²) in [7, 11) is 0. The van der Waals surface area contributed by atoms with Crippen LogP contribution in [0.5, 0.6) is 0 Å². The molecule has 6 nitrogen and oxygen atoms in total. The normalized spacial score (nSPS) is 13.8. The number of benzene rings is 1. The number of hydrogen-bond acceptors (Lipinski definition) is 2. The van der Waals surface area contributed by atoms with Gasteiger partial charge in [0.05, 0.1) is 6.54 Å². The third-order valence-corrected chi connectivity index (χ3v) is 2.43. The van der Waals surface area contributed by atoms with Crippen molar-refractivity contribution >= 4 is 23.5 Å². The first-order valence-corrected chi connectivity index (χ1v) is 5.68. The van der Waals surface area contributed by atoms with Crippen molar-refractivity contribution < 1.29 is 9.59 Å². The van der Waals surface area contributed by atoms with Crippen LogP contribution in [0.25, 0.3) is 0 Å². The Bertz CT molecular complexity index is 470. The molecule has 0 fully saturated rings. The molecule has 1 aromatic rings. The van der Waals surface area contributed by atoms with Crippen molar-refractivity contribution in [2.24, 2.45) is 4.99 Å². The van der Waals surface area contributed by atoms with Gasteiger partial charge in [0.2, 0.25) is 0 Å². The molecule has 0 aromatic heterocycles. The van der Waals surface area contributed by atoms with Crippen LogP contribution in [0.2, 0.25) is 0 Å². The minimum Gasteiger partial charge on any atom is -0.337 e. The highest BCUT2D eigenvalue weighted by molar-refractivity contribution is 6.02. The molecule has 0 radical (unpaired) electrons. The van der Waals surface area contributed by atoms with E-state index in [0.29, 0.717) is 19.5 Å². The highest BCUT2D eigenvalue weighted by atomic mass is 16.2. The zero-order valence-corrected chi connectivity index (χ0v) is 9.77. The molecule has 94 valence electrons. The molecule has 1 aromatic carbocycles. The lowest BCUT2D eigenvalue weighted by atomic mass is 10.3. The summed E-state index contributed by atoms with van der Waals surface area (Å²) in [6.45, 7) is 0.924. The molecule has 2 rings (SSSR count). The van der Waals surface area contributed by atoms with Crippen LogP contribution < -0.4 is 16.0 Å². The van der Waals surface area contributed by atoms with E-state index in [0.717, 1.165) is 11.4 Å². The molecular formula is C12H14N4O2. The average Bonchev–Trinajstić information content (AvgIpc) is 2.76. The predicted molar refractivity (Wildman–Crippen MR) is 68.9 cm³/mol. The standard InChI is InChI=1S/C12H14N4O2/c17-11(15-9-4-2-1-3-5-9)13-7-6-10-8-14-12(18)16-10/h1-5H,6-8H2,(H,14,18)(H2,13,15,17). The Labute approximate surface area is 104 Å². The van der Waals surface area contributed by atoms with Crippen LogP contribution in [-0.4, -0.2) is 30.9 Å². The van der Waals surface area contributed by atoms with Crippen LogP contribution in [0.15, 0.2) is 35.3 Å². The van der Waals surface area contributed by atoms with Crippen molar-refractivity contribution in [2.45, 2.75) is 6.42 Å². The maximum Gasteiger partial charge on any atom is 0.341 e. The van der Waals surface area contributed by atoms with Crippen molar-refractivity contribution in [3.05, 3.63) is 30.3 Å². The van der Waals surface area contributed by atoms with Gasteiger partial charge in [-0.05, 0) is 12.1 Å². The average molecular weight is 246 g/mol. The number of amides is 4. The van der Waals surface area contributed by atoms with E-state index in [2.05, 4.69) is 20.9 Å². The molecular weight excluding hydrogens is 232 g/mol. The zero-order chi connectivity index (χ0) is 12.8. The van der Waals surface area contributed by atoms with Crippen molar-refractivity contribution in [1.82, 2.24) is 10.6 Å². The second kappa shape index (κ2) is 5.81. The summed E-state index contributed by atoms with van der Waals surface area (Å²) in [6, 6.07) is 8.62. The lowest BCUT2D eigenvalue weighted by Gasteiger charge is -2.06. The first-order chi connectivity index (χ1) is 8.74. The SMILES string of the molecule is O=C1N=C(CCNC(=O)Nc2ccccc2)CN1. The van der Waals surface area contributed by atoms with Gasteiger partial charge in [-0.1, -0.05) is 18.2 Å². The third-order valence-electron chi connectivity index (χ3n) is 2.43. The Hall–Kier alpha value is -2.37. The maximum atomic E-state index is 11.5. The third kappa shape index (κ3) is 3.58. The fraction of sp³-hybridized carbons (Fsp3) is 0.250. The van der Waals surface area contributed by atoms with Gasteiger partial charge in [0.1, 0.15) is 0 Å². The molecule has 4 amide bonds. The topological polar surface area (TPSA) is 82.6 Å². The Morgan fingerprint density at radius 3 is 2.78 bits per heavy atom. The summed E-state index contributed by atoms with van der Waals surface area (Å²) < 4.78 is 0. The molecule has 3 N–H and O–H groups in total. The highest BCUT2D eigenvalue weighted by Gasteiger charge is 2.12. The second-order valence-electron chi connectivity index (χ2n) is 3.83. The van der Waals surface area contributed by atoms with Gasteiger partial charge in [0.25, 0.3) is 0 Å². The van der Waals surface area contributed by atoms with E-state index in [1.807, 2.05) is 30.3 Å². The van der Waals surface area contributed by atoms with Crippen molar-refractivity contribution in [1.29, 1.82) is 0 Å². The summed E-state index contributed by atoms with van der Waals surface area (Å²) in [4.78, 5) is 26.1. The molecule has 18 heavy (non-hydrogen) atoms. The summed E-state index contributed by atoms with van der Waals surface area (Å²) in [5, 5.41) is 7.98. The van der Waals surface area contributed by atoms with Crippen LogP contribution in [0.1, 0.15) is 6.42 Å². The molecule has 0 saturated heterocycles. The van der Waals surface area contributed by atoms with Gasteiger partial charge in [-0.2, -0.15) is 0 Å². The zero-order valence-electron chi connectivity index (χ0n) is 9.77. The van der Waals surface area contributed by atoms with Gasteiger partial charge < -0.3 is 16.0 Å². The van der Waals surface area contributed by atoms with Crippen LogP contribution in [0.4, 0.5) is 15.3 Å². The van der Waals surface area contributed by atoms with E-state index in [-0.39, 0.29) is 12.1 Å². The Kier molecular flexibility index (Phi) is 3.90. The van der Waals surface area contributed by atoms with Crippen LogP contribution >= 0.6 is 0 Å². The fourth-order valence-electron chi connectivity index (χ4n) is 1.56. The Morgan fingerprint density at radius 1 is 1.33 bits per heavy atom. The lowest BCUT2D eigenvalue weighted by Crippen LogP contribution is -2.31. The lowest BCUT2D eigenvalue weighted by molar-refractivity contribution is 0.251. The van der Waals surface area contributed by atoms with E-state index in [1.165, 1.54) is 0 Å². The Morgan fingerprint density at radius 2 is 2.11 bits per heavy atom. The smallest absolute Gasteiger partial charge is 0.337 e. The van der Waals surface area contributed by atoms with E-state index in [9.17, 15) is 9.59 Å². The number of anilines is 1. The largest absolute Gasteiger partial charge is 0.341 e. The molecule has 0 atom stereocenters. The first kappa shape index (κ1) is 12.1. The number of nitrogens with one attached hydrogen (secondary N) is 3. The molecule has 0 bridgehead atoms. The summed E-state index contributed by atoms with van der Waals surface area (Å²) in [5.41, 5.74) is 1.50. The molecule has 1 heterocycles. The molecule has 0 unspecified atom stereocenters. The number of urea groups is 2. The quantitative estimate of drug-likeness (QED) is 0.749. The first-order valence-electron chi connectivity index (χ1n) is 5.68. The second-order valence-corrected chi connectivity index (χ2v) is 3.83. The van der Waals surface area contributed by atoms with Gasteiger partial charge in [0.15, 0.2) is 0 Å². The number of aliphatic imine (C=N–C) groups is 1. The van der Waals surface area contributed by atoms with Gasteiger partial charge in [-0.3, -0.25) is 0 Å². The Balaban J connectivity index is 1.69. The summed E-state index contributed by atoms with van der Waals surface area (Å²) >= 11 is 0. The van der Waals surface area contributed by atoms with E-state index in [4.69, 9.17) is 0 Å². The van der Waals surface area contributed by atoms with Gasteiger partial charge >= 0.3 is 12.1 Å². The molecule has 0 saturated carbocycles. The predicted octanol–water partition coefficient (Wildman–Crippen LogP) is 1.36. The number of para-hydroxylation sites is 1. The van der Waals surface area contributed by atoms with Crippen molar-refractivity contribution in [3.63, 3.8) is 0 Å². The van der Waals surface area contributed by atoms with Crippen LogP contribution in [0.3, 0.4) is 0 Å². The van der Waals surface area contributed by atoms with Gasteiger partial charge in [-0.25, -0.2) is 14.6 Å². The number of carbonyl (C=O) groups is 2. The molecule has 6 heteroatoms. The van der Waals surface area contributed by atoms with E-state index >= 15 is 0 Å². The minimum absolute atomic E-state index is 0.265. The van der Waals surface area contributed by atoms with Gasteiger partial charge in [-0.15, -0.1) is 0 Å². The number of nitrogens with zero attached hydrogens (tertiary/aromatic N) is 1. The van der Waals surface area contributed by atoms with Crippen molar-refractivity contribution in [3.8, 4) is 0 Å². The maximum absolute atomic E-state index is 11.5. The van der Waals surface area contributed by atoms with Gasteiger partial charge in [0, 0.05) is 24.4 Å². The highest BCUT2D eigenvalue weighted by Crippen LogP contribution is 2.04. The monoisotopic (exact) mass is 246 g/mol. The molecule has 1 aliphatic rings. The van der Waals surface area contributed by atoms with E-state index < -0.39 is 0 Å². The molecule has 0 spiro atoms. The summed E-state index contributed by atoms with van der Waals surface area (Å²) in [5.74, 6) is 0. The van der Waals surface area contributed by atoms with Crippen molar-refractivity contribution in [2.75, 3.05) is 18.4 Å².